The molecule has 6 heteroatoms. The first-order valence-corrected chi connectivity index (χ1v) is 11.2. The lowest BCUT2D eigenvalue weighted by atomic mass is 10.0. The smallest absolute Gasteiger partial charge is 0.233 e. The minimum Gasteiger partial charge on any atom is -0.476 e. The van der Waals surface area contributed by atoms with Gasteiger partial charge in [0.25, 0.3) is 0 Å². The van der Waals surface area contributed by atoms with Gasteiger partial charge in [0.2, 0.25) is 5.88 Å². The second-order valence-electron chi connectivity index (χ2n) is 9.34. The van der Waals surface area contributed by atoms with Gasteiger partial charge in [-0.05, 0) is 61.5 Å². The Balaban J connectivity index is 1.24. The molecule has 2 aromatic rings. The molecule has 4 rings (SSSR count). The van der Waals surface area contributed by atoms with E-state index in [9.17, 15) is 0 Å². The summed E-state index contributed by atoms with van der Waals surface area (Å²) in [5.41, 5.74) is 2.94. The highest BCUT2D eigenvalue weighted by Gasteiger charge is 2.41. The molecule has 2 fully saturated rings. The normalized spacial score (nSPS) is 25.3. The first kappa shape index (κ1) is 20.3. The molecule has 0 bridgehead atoms. The van der Waals surface area contributed by atoms with Crippen LogP contribution in [0.3, 0.4) is 0 Å². The van der Waals surface area contributed by atoms with Gasteiger partial charge in [-0.1, -0.05) is 20.3 Å². The summed E-state index contributed by atoms with van der Waals surface area (Å²) in [5, 5.41) is 12.9. The highest BCUT2D eigenvalue weighted by Crippen LogP contribution is 2.41. The topological polar surface area (TPSA) is 56.1 Å². The van der Waals surface area contributed by atoms with E-state index in [2.05, 4.69) is 34.0 Å². The predicted octanol–water partition coefficient (Wildman–Crippen LogP) is 3.96. The summed E-state index contributed by atoms with van der Waals surface area (Å²) < 4.78 is 7.84. The molecule has 1 aliphatic heterocycles. The second kappa shape index (κ2) is 8.82. The molecule has 2 aromatic heterocycles. The molecule has 29 heavy (non-hydrogen) atoms. The van der Waals surface area contributed by atoms with Crippen LogP contribution in [0.15, 0.2) is 18.3 Å². The zero-order valence-electron chi connectivity index (χ0n) is 18.3. The van der Waals surface area contributed by atoms with Gasteiger partial charge in [-0.25, -0.2) is 0 Å². The maximum atomic E-state index is 6.00. The van der Waals surface area contributed by atoms with Gasteiger partial charge < -0.3 is 9.64 Å². The summed E-state index contributed by atoms with van der Waals surface area (Å²) in [4.78, 5) is 2.71. The first-order valence-electron chi connectivity index (χ1n) is 11.2. The summed E-state index contributed by atoms with van der Waals surface area (Å²) in [6.45, 7) is 11.3. The Morgan fingerprint density at radius 2 is 1.93 bits per heavy atom. The van der Waals surface area contributed by atoms with Crippen molar-refractivity contribution in [3.05, 3.63) is 23.9 Å². The molecule has 6 nitrogen and oxygen atoms in total. The zero-order chi connectivity index (χ0) is 20.4. The van der Waals surface area contributed by atoms with E-state index in [-0.39, 0.29) is 0 Å². The Morgan fingerprint density at radius 1 is 1.17 bits per heavy atom. The monoisotopic (exact) mass is 397 g/mol. The second-order valence-corrected chi connectivity index (χ2v) is 9.34. The van der Waals surface area contributed by atoms with Crippen molar-refractivity contribution in [2.75, 3.05) is 26.2 Å². The van der Waals surface area contributed by atoms with Crippen LogP contribution in [0.4, 0.5) is 0 Å². The molecule has 3 heterocycles. The van der Waals surface area contributed by atoms with E-state index in [0.29, 0.717) is 11.8 Å². The van der Waals surface area contributed by atoms with E-state index in [1.165, 1.54) is 45.3 Å². The number of aromatic nitrogens is 4. The summed E-state index contributed by atoms with van der Waals surface area (Å²) in [6.07, 6.45) is 7.09. The van der Waals surface area contributed by atoms with E-state index < -0.39 is 0 Å². The SMILES string of the molecule is CCCC(C)CN1CC2CC(COc3ccc(-c4c(C)cnn4C)nn3)CC2C1. The molecule has 0 aromatic carbocycles. The summed E-state index contributed by atoms with van der Waals surface area (Å²) >= 11 is 0. The van der Waals surface area contributed by atoms with Gasteiger partial charge in [-0.15, -0.1) is 10.2 Å². The van der Waals surface area contributed by atoms with Crippen LogP contribution < -0.4 is 4.74 Å². The van der Waals surface area contributed by atoms with Crippen LogP contribution in [-0.2, 0) is 7.05 Å². The van der Waals surface area contributed by atoms with Gasteiger partial charge in [0.05, 0.1) is 18.5 Å². The molecule has 3 atom stereocenters. The third-order valence-corrected chi connectivity index (χ3v) is 6.75. The van der Waals surface area contributed by atoms with Gasteiger partial charge in [0.1, 0.15) is 5.69 Å². The molecular weight excluding hydrogens is 362 g/mol. The molecule has 1 saturated carbocycles. The highest BCUT2D eigenvalue weighted by atomic mass is 16.5. The number of aryl methyl sites for hydroxylation is 2. The van der Waals surface area contributed by atoms with Crippen molar-refractivity contribution in [1.82, 2.24) is 24.9 Å². The molecule has 1 aliphatic carbocycles. The van der Waals surface area contributed by atoms with Crippen molar-refractivity contribution >= 4 is 0 Å². The van der Waals surface area contributed by atoms with Crippen molar-refractivity contribution in [1.29, 1.82) is 0 Å². The third-order valence-electron chi connectivity index (χ3n) is 6.75. The van der Waals surface area contributed by atoms with Crippen molar-refractivity contribution in [2.45, 2.75) is 46.5 Å². The summed E-state index contributed by atoms with van der Waals surface area (Å²) in [5.74, 6) is 3.83. The van der Waals surface area contributed by atoms with Gasteiger partial charge in [0, 0.05) is 32.7 Å². The fraction of sp³-hybridized carbons (Fsp3) is 0.696. The Hall–Kier alpha value is -1.95. The maximum absolute atomic E-state index is 6.00. The predicted molar refractivity (Wildman–Crippen MR) is 115 cm³/mol. The average molecular weight is 398 g/mol. The Kier molecular flexibility index (Phi) is 6.18. The molecule has 0 amide bonds. The lowest BCUT2D eigenvalue weighted by Gasteiger charge is -2.22. The van der Waals surface area contributed by atoms with E-state index >= 15 is 0 Å². The average Bonchev–Trinajstić information content (AvgIpc) is 3.34. The number of hydrogen-bond donors (Lipinski definition) is 0. The van der Waals surface area contributed by atoms with Crippen molar-refractivity contribution < 1.29 is 4.74 Å². The molecule has 2 aliphatic rings. The maximum Gasteiger partial charge on any atom is 0.233 e. The van der Waals surface area contributed by atoms with Crippen molar-refractivity contribution in [2.24, 2.45) is 30.7 Å². The number of likely N-dealkylation sites (tertiary alicyclic amines) is 1. The van der Waals surface area contributed by atoms with E-state index in [1.54, 1.807) is 0 Å². The van der Waals surface area contributed by atoms with Crippen LogP contribution >= 0.6 is 0 Å². The van der Waals surface area contributed by atoms with Crippen LogP contribution in [0.1, 0.15) is 45.1 Å². The van der Waals surface area contributed by atoms with E-state index in [1.807, 2.05) is 37.0 Å². The van der Waals surface area contributed by atoms with Crippen molar-refractivity contribution in [3.8, 4) is 17.3 Å². The van der Waals surface area contributed by atoms with Gasteiger partial charge in [0.15, 0.2) is 0 Å². The van der Waals surface area contributed by atoms with Crippen LogP contribution in [-0.4, -0.2) is 51.1 Å². The van der Waals surface area contributed by atoms with Crippen LogP contribution in [0.2, 0.25) is 0 Å². The van der Waals surface area contributed by atoms with E-state index in [4.69, 9.17) is 4.74 Å². The lowest BCUT2D eigenvalue weighted by Crippen LogP contribution is -2.28. The molecule has 0 spiro atoms. The van der Waals surface area contributed by atoms with Crippen LogP contribution in [0.25, 0.3) is 11.4 Å². The first-order chi connectivity index (χ1) is 14.0. The molecular formula is C23H35N5O. The van der Waals surface area contributed by atoms with Crippen molar-refractivity contribution in [3.63, 3.8) is 0 Å². The number of nitrogens with zero attached hydrogens (tertiary/aromatic N) is 5. The molecule has 0 radical (unpaired) electrons. The van der Waals surface area contributed by atoms with Gasteiger partial charge in [-0.2, -0.15) is 5.10 Å². The van der Waals surface area contributed by atoms with Gasteiger partial charge >= 0.3 is 0 Å². The zero-order valence-corrected chi connectivity index (χ0v) is 18.3. The number of fused-ring (bicyclic) bond motifs is 1. The van der Waals surface area contributed by atoms with E-state index in [0.717, 1.165) is 41.3 Å². The standard InChI is InChI=1S/C23H35N5O/c1-5-6-16(2)12-28-13-19-9-18(10-20(19)14-28)15-29-22-8-7-21(25-26-22)23-17(3)11-24-27(23)4/h7-8,11,16,18-20H,5-6,9-10,12-15H2,1-4H3. The summed E-state index contributed by atoms with van der Waals surface area (Å²) in [7, 11) is 1.93. The lowest BCUT2D eigenvalue weighted by molar-refractivity contribution is 0.212. The highest BCUT2D eigenvalue weighted by molar-refractivity contribution is 5.58. The Bertz CT molecular complexity index is 769. The molecule has 1 saturated heterocycles. The third kappa shape index (κ3) is 4.63. The number of ether oxygens (including phenoxy) is 1. The Morgan fingerprint density at radius 3 is 2.52 bits per heavy atom. The summed E-state index contributed by atoms with van der Waals surface area (Å²) in [6, 6.07) is 3.91. The largest absolute Gasteiger partial charge is 0.476 e. The van der Waals surface area contributed by atoms with Gasteiger partial charge in [-0.3, -0.25) is 4.68 Å². The Labute approximate surface area is 174 Å². The van der Waals surface area contributed by atoms with Crippen LogP contribution in [0, 0.1) is 30.6 Å². The number of hydrogen-bond acceptors (Lipinski definition) is 5. The molecule has 0 N–H and O–H groups in total. The van der Waals surface area contributed by atoms with Crippen LogP contribution in [0.5, 0.6) is 5.88 Å². The quantitative estimate of drug-likeness (QED) is 0.675. The molecule has 158 valence electrons. The minimum atomic E-state index is 0.626. The number of rotatable bonds is 8. The fourth-order valence-electron chi connectivity index (χ4n) is 5.47. The minimum absolute atomic E-state index is 0.626. The molecule has 3 unspecified atom stereocenters. The fourth-order valence-corrected chi connectivity index (χ4v) is 5.47.